The van der Waals surface area contributed by atoms with Gasteiger partial charge in [0.15, 0.2) is 0 Å². The van der Waals surface area contributed by atoms with Crippen molar-refractivity contribution in [2.45, 2.75) is 0 Å². The molecule has 2 aromatic carbocycles. The number of hydrogen-bond acceptors (Lipinski definition) is 3. The number of rotatable bonds is 3. The Bertz CT molecular complexity index is 1040. The zero-order valence-corrected chi connectivity index (χ0v) is 15.6. The average molecular weight is 415 g/mol. The van der Waals surface area contributed by atoms with Crippen molar-refractivity contribution in [1.82, 2.24) is 14.5 Å². The number of halogens is 2. The molecule has 25 heavy (non-hydrogen) atoms. The van der Waals surface area contributed by atoms with E-state index in [0.29, 0.717) is 5.15 Å². The Hall–Kier alpha value is -2.37. The maximum Gasteiger partial charge on any atom is 0.150 e. The molecule has 0 fully saturated rings. The highest BCUT2D eigenvalue weighted by Crippen LogP contribution is 2.35. The first-order valence-corrected chi connectivity index (χ1v) is 8.76. The van der Waals surface area contributed by atoms with Gasteiger partial charge in [-0.05, 0) is 42.0 Å². The molecular weight excluding hydrogens is 402 g/mol. The van der Waals surface area contributed by atoms with E-state index >= 15 is 0 Å². The third-order valence-corrected chi connectivity index (χ3v) is 4.86. The summed E-state index contributed by atoms with van der Waals surface area (Å²) in [6.07, 6.45) is 3.52. The van der Waals surface area contributed by atoms with Crippen LogP contribution in [0.2, 0.25) is 5.15 Å². The van der Waals surface area contributed by atoms with Gasteiger partial charge in [-0.25, -0.2) is 9.97 Å². The van der Waals surface area contributed by atoms with Crippen LogP contribution in [0.3, 0.4) is 0 Å². The summed E-state index contributed by atoms with van der Waals surface area (Å²) in [4.78, 5) is 8.61. The Kier molecular flexibility index (Phi) is 4.19. The Labute approximate surface area is 158 Å². The molecule has 124 valence electrons. The molecule has 4 nitrogen and oxygen atoms in total. The summed E-state index contributed by atoms with van der Waals surface area (Å²) in [7, 11) is 1.65. The van der Waals surface area contributed by atoms with Crippen LogP contribution in [0, 0.1) is 0 Å². The van der Waals surface area contributed by atoms with Crippen LogP contribution in [-0.2, 0) is 0 Å². The van der Waals surface area contributed by atoms with Gasteiger partial charge in [-0.3, -0.25) is 0 Å². The van der Waals surface area contributed by atoms with Gasteiger partial charge in [0.05, 0.1) is 12.5 Å². The summed E-state index contributed by atoms with van der Waals surface area (Å²) >= 11 is 9.87. The average Bonchev–Trinajstić information content (AvgIpc) is 3.03. The lowest BCUT2D eigenvalue weighted by atomic mass is 10.1. The molecule has 0 saturated heterocycles. The fourth-order valence-electron chi connectivity index (χ4n) is 2.81. The monoisotopic (exact) mass is 413 g/mol. The zero-order chi connectivity index (χ0) is 17.4. The van der Waals surface area contributed by atoms with Gasteiger partial charge in [-0.2, -0.15) is 0 Å². The SMILES string of the molecule is COc1ccc(-c2cn(-c3ccc(Br)cc3)c3ncnc(Cl)c23)cc1. The Balaban J connectivity index is 1.96. The van der Waals surface area contributed by atoms with Crippen LogP contribution >= 0.6 is 27.5 Å². The standard InChI is InChI=1S/C19H13BrClN3O/c1-25-15-8-2-12(3-9-15)16-10-24(14-6-4-13(20)5-7-14)19-17(16)18(21)22-11-23-19/h2-11H,1H3. The second-order valence-electron chi connectivity index (χ2n) is 5.48. The highest BCUT2D eigenvalue weighted by molar-refractivity contribution is 9.10. The van der Waals surface area contributed by atoms with E-state index < -0.39 is 0 Å². The number of methoxy groups -OCH3 is 1. The fourth-order valence-corrected chi connectivity index (χ4v) is 3.31. The molecule has 4 aromatic rings. The molecule has 6 heteroatoms. The lowest BCUT2D eigenvalue weighted by molar-refractivity contribution is 0.415. The second-order valence-corrected chi connectivity index (χ2v) is 6.75. The Morgan fingerprint density at radius 3 is 2.40 bits per heavy atom. The number of fused-ring (bicyclic) bond motifs is 1. The van der Waals surface area contributed by atoms with Gasteiger partial charge in [0.25, 0.3) is 0 Å². The van der Waals surface area contributed by atoms with Gasteiger partial charge in [0.2, 0.25) is 0 Å². The minimum atomic E-state index is 0.437. The molecule has 0 spiro atoms. The van der Waals surface area contributed by atoms with Crippen molar-refractivity contribution in [2.24, 2.45) is 0 Å². The normalized spacial score (nSPS) is 11.0. The number of ether oxygens (including phenoxy) is 1. The summed E-state index contributed by atoms with van der Waals surface area (Å²) in [5.74, 6) is 0.808. The number of hydrogen-bond donors (Lipinski definition) is 0. The van der Waals surface area contributed by atoms with Crippen molar-refractivity contribution in [2.75, 3.05) is 7.11 Å². The van der Waals surface area contributed by atoms with Crippen molar-refractivity contribution in [3.05, 3.63) is 70.7 Å². The molecule has 0 aliphatic carbocycles. The van der Waals surface area contributed by atoms with Crippen LogP contribution in [0.1, 0.15) is 0 Å². The summed E-state index contributed by atoms with van der Waals surface area (Å²) in [6, 6.07) is 15.9. The van der Waals surface area contributed by atoms with E-state index in [4.69, 9.17) is 16.3 Å². The van der Waals surface area contributed by atoms with E-state index in [-0.39, 0.29) is 0 Å². The minimum absolute atomic E-state index is 0.437. The van der Waals surface area contributed by atoms with Crippen LogP contribution < -0.4 is 4.74 Å². The number of aromatic nitrogens is 3. The molecule has 0 saturated carbocycles. The van der Waals surface area contributed by atoms with E-state index in [9.17, 15) is 0 Å². The Morgan fingerprint density at radius 2 is 1.72 bits per heavy atom. The molecule has 0 aliphatic rings. The smallest absolute Gasteiger partial charge is 0.150 e. The molecule has 0 N–H and O–H groups in total. The van der Waals surface area contributed by atoms with Crippen molar-refractivity contribution < 1.29 is 4.74 Å². The van der Waals surface area contributed by atoms with Gasteiger partial charge in [0.1, 0.15) is 22.9 Å². The van der Waals surface area contributed by atoms with Crippen LogP contribution in [0.5, 0.6) is 5.75 Å². The molecule has 0 unspecified atom stereocenters. The van der Waals surface area contributed by atoms with Gasteiger partial charge in [0, 0.05) is 21.9 Å². The highest BCUT2D eigenvalue weighted by atomic mass is 79.9. The van der Waals surface area contributed by atoms with Gasteiger partial charge in [-0.15, -0.1) is 0 Å². The van der Waals surface area contributed by atoms with E-state index in [1.807, 2.05) is 59.3 Å². The first-order chi connectivity index (χ1) is 12.2. The maximum atomic E-state index is 6.40. The summed E-state index contributed by atoms with van der Waals surface area (Å²) in [6.45, 7) is 0. The van der Waals surface area contributed by atoms with Gasteiger partial charge < -0.3 is 9.30 Å². The topological polar surface area (TPSA) is 39.9 Å². The van der Waals surface area contributed by atoms with Crippen LogP contribution in [-0.4, -0.2) is 21.6 Å². The predicted octanol–water partition coefficient (Wildman–Crippen LogP) is 5.51. The third kappa shape index (κ3) is 2.90. The minimum Gasteiger partial charge on any atom is -0.497 e. The first kappa shape index (κ1) is 16.1. The molecule has 0 bridgehead atoms. The van der Waals surface area contributed by atoms with Crippen LogP contribution in [0.25, 0.3) is 27.8 Å². The quantitative estimate of drug-likeness (QED) is 0.415. The molecule has 0 aliphatic heterocycles. The zero-order valence-electron chi connectivity index (χ0n) is 13.3. The van der Waals surface area contributed by atoms with Crippen LogP contribution in [0.4, 0.5) is 0 Å². The van der Waals surface area contributed by atoms with Crippen LogP contribution in [0.15, 0.2) is 65.5 Å². The van der Waals surface area contributed by atoms with Gasteiger partial charge in [-0.1, -0.05) is 39.7 Å². The van der Waals surface area contributed by atoms with Crippen molar-refractivity contribution in [3.8, 4) is 22.6 Å². The van der Waals surface area contributed by atoms with E-state index in [0.717, 1.165) is 38.1 Å². The third-order valence-electron chi connectivity index (χ3n) is 4.04. The number of benzene rings is 2. The molecule has 4 rings (SSSR count). The Morgan fingerprint density at radius 1 is 1.00 bits per heavy atom. The van der Waals surface area contributed by atoms with Crippen molar-refractivity contribution >= 4 is 38.6 Å². The lowest BCUT2D eigenvalue weighted by Crippen LogP contribution is -1.93. The summed E-state index contributed by atoms with van der Waals surface area (Å²) in [5.41, 5.74) is 3.78. The largest absolute Gasteiger partial charge is 0.497 e. The molecular formula is C19H13BrClN3O. The predicted molar refractivity (Wildman–Crippen MR) is 104 cm³/mol. The van der Waals surface area contributed by atoms with Gasteiger partial charge >= 0.3 is 0 Å². The van der Waals surface area contributed by atoms with E-state index in [1.165, 1.54) is 6.33 Å². The van der Waals surface area contributed by atoms with Crippen molar-refractivity contribution in [3.63, 3.8) is 0 Å². The molecule has 0 radical (unpaired) electrons. The van der Waals surface area contributed by atoms with E-state index in [2.05, 4.69) is 25.9 Å². The lowest BCUT2D eigenvalue weighted by Gasteiger charge is -2.04. The second kappa shape index (κ2) is 6.50. The first-order valence-electron chi connectivity index (χ1n) is 7.59. The molecule has 0 atom stereocenters. The number of nitrogens with zero attached hydrogens (tertiary/aromatic N) is 3. The summed E-state index contributed by atoms with van der Waals surface area (Å²) < 4.78 is 8.29. The summed E-state index contributed by atoms with van der Waals surface area (Å²) in [5, 5.41) is 1.27. The molecule has 0 amide bonds. The fraction of sp³-hybridized carbons (Fsp3) is 0.0526. The molecule has 2 aromatic heterocycles. The maximum absolute atomic E-state index is 6.40. The highest BCUT2D eigenvalue weighted by Gasteiger charge is 2.16. The van der Waals surface area contributed by atoms with Crippen molar-refractivity contribution in [1.29, 1.82) is 0 Å². The molecule has 2 heterocycles. The van der Waals surface area contributed by atoms with E-state index in [1.54, 1.807) is 7.11 Å².